The Hall–Kier alpha value is -3.06. The van der Waals surface area contributed by atoms with Crippen molar-refractivity contribution in [3.63, 3.8) is 0 Å². The van der Waals surface area contributed by atoms with Crippen molar-refractivity contribution in [1.82, 2.24) is 9.55 Å². The third-order valence-corrected chi connectivity index (χ3v) is 4.70. The fraction of sp³-hybridized carbons (Fsp3) is 0.261. The van der Waals surface area contributed by atoms with Gasteiger partial charge in [-0.1, -0.05) is 61.5 Å². The van der Waals surface area contributed by atoms with Crippen LogP contribution in [0.5, 0.6) is 0 Å². The number of carbonyl (C=O) groups excluding carboxylic acids is 2. The number of nitrogens with one attached hydrogen (secondary N) is 1. The molecule has 3 aromatic rings. The molecule has 0 bridgehead atoms. The van der Waals surface area contributed by atoms with Gasteiger partial charge in [0, 0.05) is 11.3 Å². The van der Waals surface area contributed by atoms with Crippen LogP contribution in [-0.2, 0) is 4.74 Å². The number of nitrogens with zero attached hydrogens (tertiary/aromatic N) is 2. The first-order chi connectivity index (χ1) is 14.5. The normalized spacial score (nSPS) is 10.0. The van der Waals surface area contributed by atoms with Crippen molar-refractivity contribution in [2.24, 2.45) is 0 Å². The van der Waals surface area contributed by atoms with Crippen molar-refractivity contribution in [3.05, 3.63) is 71.4 Å². The zero-order chi connectivity index (χ0) is 22.1. The molecule has 3 rings (SSSR count). The maximum atomic E-state index is 12.7. The molecule has 0 radical (unpaired) electrons. The average molecular weight is 426 g/mol. The van der Waals surface area contributed by atoms with E-state index in [2.05, 4.69) is 10.3 Å². The smallest absolute Gasteiger partial charge is 0.359 e. The second-order valence-corrected chi connectivity index (χ2v) is 6.78. The number of hydrogen-bond acceptors (Lipinski definition) is 5. The molecular weight excluding hydrogens is 398 g/mol. The highest BCUT2D eigenvalue weighted by atomic mass is 32.2. The summed E-state index contributed by atoms with van der Waals surface area (Å²) in [6, 6.07) is 16.6. The molecule has 0 spiro atoms. The predicted molar refractivity (Wildman–Crippen MR) is 122 cm³/mol. The van der Waals surface area contributed by atoms with Gasteiger partial charge in [-0.2, -0.15) is 0 Å². The highest BCUT2D eigenvalue weighted by Gasteiger charge is 2.26. The number of aromatic nitrogens is 2. The van der Waals surface area contributed by atoms with Gasteiger partial charge >= 0.3 is 5.97 Å². The molecule has 0 saturated heterocycles. The van der Waals surface area contributed by atoms with Crippen molar-refractivity contribution in [2.75, 3.05) is 18.2 Å². The fourth-order valence-corrected chi connectivity index (χ4v) is 3.27. The molecule has 0 saturated carbocycles. The fourth-order valence-electron chi connectivity index (χ4n) is 2.71. The van der Waals surface area contributed by atoms with E-state index in [1.165, 1.54) is 11.8 Å². The van der Waals surface area contributed by atoms with Crippen molar-refractivity contribution in [1.29, 1.82) is 0 Å². The first-order valence-electron chi connectivity index (χ1n) is 9.82. The minimum atomic E-state index is -0.543. The topological polar surface area (TPSA) is 73.2 Å². The van der Waals surface area contributed by atoms with Crippen LogP contribution in [0, 0.1) is 6.92 Å². The third kappa shape index (κ3) is 5.30. The molecule has 6 nitrogen and oxygen atoms in total. The lowest BCUT2D eigenvalue weighted by atomic mass is 10.1. The van der Waals surface area contributed by atoms with Crippen LogP contribution < -0.4 is 5.32 Å². The quantitative estimate of drug-likeness (QED) is 0.425. The number of hydrogen-bond donors (Lipinski definition) is 1. The number of amides is 1. The van der Waals surface area contributed by atoms with Gasteiger partial charge in [0.15, 0.2) is 16.7 Å². The first kappa shape index (κ1) is 23.2. The zero-order valence-electron chi connectivity index (χ0n) is 17.9. The Morgan fingerprint density at radius 1 is 1.07 bits per heavy atom. The van der Waals surface area contributed by atoms with Gasteiger partial charge in [0.2, 0.25) is 0 Å². The van der Waals surface area contributed by atoms with Gasteiger partial charge in [-0.15, -0.1) is 0 Å². The number of aryl methyl sites for hydroxylation is 1. The Morgan fingerprint density at radius 3 is 2.27 bits per heavy atom. The summed E-state index contributed by atoms with van der Waals surface area (Å²) >= 11 is 1.38. The molecule has 0 fully saturated rings. The van der Waals surface area contributed by atoms with E-state index in [1.54, 1.807) is 23.6 Å². The van der Waals surface area contributed by atoms with Gasteiger partial charge in [0.05, 0.1) is 6.61 Å². The summed E-state index contributed by atoms with van der Waals surface area (Å²) < 4.78 is 6.93. The van der Waals surface area contributed by atoms with Gasteiger partial charge in [-0.25, -0.2) is 9.78 Å². The Labute approximate surface area is 181 Å². The van der Waals surface area contributed by atoms with Crippen LogP contribution in [0.3, 0.4) is 0 Å². The van der Waals surface area contributed by atoms with Crippen LogP contribution >= 0.6 is 11.8 Å². The lowest BCUT2D eigenvalue weighted by molar-refractivity contribution is 0.0517. The number of para-hydroxylation sites is 1. The SMILES string of the molecule is CC.CCOC(=O)c1c(NC(=O)c2ccc(C)cc2)nc(SC)n1-c1ccccc1. The molecule has 30 heavy (non-hydrogen) atoms. The Kier molecular flexibility index (Phi) is 8.68. The molecule has 0 aliphatic carbocycles. The number of anilines is 1. The predicted octanol–water partition coefficient (Wildman–Crippen LogP) is 5.36. The lowest BCUT2D eigenvalue weighted by Gasteiger charge is -2.11. The van der Waals surface area contributed by atoms with Crippen LogP contribution in [0.2, 0.25) is 0 Å². The minimum absolute atomic E-state index is 0.178. The van der Waals surface area contributed by atoms with Gasteiger partial charge in [-0.05, 0) is 44.4 Å². The lowest BCUT2D eigenvalue weighted by Crippen LogP contribution is -2.18. The van der Waals surface area contributed by atoms with E-state index in [-0.39, 0.29) is 24.0 Å². The summed E-state index contributed by atoms with van der Waals surface area (Å²) in [4.78, 5) is 29.9. The molecule has 1 aromatic heterocycles. The van der Waals surface area contributed by atoms with Crippen molar-refractivity contribution in [2.45, 2.75) is 32.9 Å². The number of esters is 1. The van der Waals surface area contributed by atoms with E-state index >= 15 is 0 Å². The largest absolute Gasteiger partial charge is 0.461 e. The van der Waals surface area contributed by atoms with E-state index < -0.39 is 5.97 Å². The van der Waals surface area contributed by atoms with Crippen LogP contribution in [0.4, 0.5) is 5.82 Å². The summed E-state index contributed by atoms with van der Waals surface area (Å²) in [5.74, 6) is -0.702. The van der Waals surface area contributed by atoms with E-state index in [0.29, 0.717) is 10.7 Å². The van der Waals surface area contributed by atoms with E-state index in [4.69, 9.17) is 4.74 Å². The number of thioether (sulfide) groups is 1. The maximum Gasteiger partial charge on any atom is 0.359 e. The number of benzene rings is 2. The molecule has 7 heteroatoms. The van der Waals surface area contributed by atoms with Crippen molar-refractivity contribution < 1.29 is 14.3 Å². The molecular formula is C23H27N3O3S. The number of rotatable bonds is 6. The van der Waals surface area contributed by atoms with E-state index in [1.807, 2.05) is 69.5 Å². The molecule has 1 heterocycles. The van der Waals surface area contributed by atoms with Crippen LogP contribution in [-0.4, -0.2) is 34.3 Å². The zero-order valence-corrected chi connectivity index (χ0v) is 18.7. The summed E-state index contributed by atoms with van der Waals surface area (Å²) in [5.41, 5.74) is 2.50. The molecule has 158 valence electrons. The number of imidazole rings is 1. The van der Waals surface area contributed by atoms with Gasteiger partial charge in [-0.3, -0.25) is 9.36 Å². The maximum absolute atomic E-state index is 12.7. The van der Waals surface area contributed by atoms with Gasteiger partial charge in [0.25, 0.3) is 5.91 Å². The number of carbonyl (C=O) groups is 2. The first-order valence-corrected chi connectivity index (χ1v) is 11.0. The molecule has 1 N–H and O–H groups in total. The van der Waals surface area contributed by atoms with Crippen LogP contribution in [0.25, 0.3) is 5.69 Å². The minimum Gasteiger partial charge on any atom is -0.461 e. The van der Waals surface area contributed by atoms with Crippen molar-refractivity contribution in [3.8, 4) is 5.69 Å². The summed E-state index contributed by atoms with van der Waals surface area (Å²) in [7, 11) is 0. The van der Waals surface area contributed by atoms with E-state index in [0.717, 1.165) is 11.3 Å². The Bertz CT molecular complexity index is 983. The molecule has 0 aliphatic heterocycles. The average Bonchev–Trinajstić information content (AvgIpc) is 3.14. The highest BCUT2D eigenvalue weighted by Crippen LogP contribution is 2.28. The molecule has 0 unspecified atom stereocenters. The Balaban J connectivity index is 0.00000155. The van der Waals surface area contributed by atoms with E-state index in [9.17, 15) is 9.59 Å². The Morgan fingerprint density at radius 2 is 1.70 bits per heavy atom. The van der Waals surface area contributed by atoms with Gasteiger partial charge < -0.3 is 10.1 Å². The van der Waals surface area contributed by atoms with Gasteiger partial charge in [0.1, 0.15) is 0 Å². The second-order valence-electron chi connectivity index (χ2n) is 6.01. The van der Waals surface area contributed by atoms with Crippen molar-refractivity contribution >= 4 is 29.5 Å². The third-order valence-electron chi connectivity index (χ3n) is 4.06. The second kappa shape index (κ2) is 11.2. The summed E-state index contributed by atoms with van der Waals surface area (Å²) in [5, 5.41) is 3.34. The monoisotopic (exact) mass is 425 g/mol. The van der Waals surface area contributed by atoms with Crippen LogP contribution in [0.1, 0.15) is 47.2 Å². The molecule has 0 aliphatic rings. The highest BCUT2D eigenvalue weighted by molar-refractivity contribution is 7.98. The van der Waals surface area contributed by atoms with Crippen LogP contribution in [0.15, 0.2) is 59.8 Å². The molecule has 2 aromatic carbocycles. The summed E-state index contributed by atoms with van der Waals surface area (Å²) in [6.07, 6.45) is 1.86. The molecule has 0 atom stereocenters. The number of ether oxygens (including phenoxy) is 1. The summed E-state index contributed by atoms with van der Waals surface area (Å²) in [6.45, 7) is 7.91. The molecule has 1 amide bonds. The standard InChI is InChI=1S/C21H21N3O3S.C2H6/c1-4-27-20(26)17-18(22-19(25)15-12-10-14(2)11-13-15)23-21(28-3)24(17)16-8-6-5-7-9-16;1-2/h5-13H,4H2,1-3H3,(H,22,25);1-2H3.